The van der Waals surface area contributed by atoms with Gasteiger partial charge in [-0.2, -0.15) is 0 Å². The van der Waals surface area contributed by atoms with E-state index in [2.05, 4.69) is 256 Å². The van der Waals surface area contributed by atoms with E-state index in [4.69, 9.17) is 0 Å². The van der Waals surface area contributed by atoms with Crippen molar-refractivity contribution in [3.63, 3.8) is 0 Å². The smallest absolute Gasteiger partial charge is 0.252 e. The van der Waals surface area contributed by atoms with Crippen molar-refractivity contribution in [2.75, 3.05) is 19.6 Å². The lowest BCUT2D eigenvalue weighted by Crippen LogP contribution is -2.61. The van der Waals surface area contributed by atoms with E-state index >= 15 is 0 Å². The van der Waals surface area contributed by atoms with Gasteiger partial charge in [0.25, 0.3) is 6.71 Å². The third-order valence-electron chi connectivity index (χ3n) is 12.5. The van der Waals surface area contributed by atoms with Crippen molar-refractivity contribution in [1.29, 1.82) is 0 Å². The van der Waals surface area contributed by atoms with Crippen molar-refractivity contribution >= 4 is 102 Å². The number of hydrogen-bond donors (Lipinski definition) is 0. The van der Waals surface area contributed by atoms with Crippen LogP contribution < -0.4 is 36.0 Å². The number of hydrogen-bond acceptors (Lipinski definition) is 4. The molecule has 0 fully saturated rings. The Bertz CT molecular complexity index is 3270. The van der Waals surface area contributed by atoms with Crippen LogP contribution in [0.5, 0.6) is 0 Å². The number of rotatable bonds is 8. The van der Waals surface area contributed by atoms with Crippen LogP contribution in [0, 0.1) is 0 Å². The minimum atomic E-state index is -0.0705. The molecule has 0 aliphatic carbocycles. The van der Waals surface area contributed by atoms with E-state index in [0.29, 0.717) is 6.04 Å². The maximum absolute atomic E-state index is 9.46. The fourth-order valence-electron chi connectivity index (χ4n) is 9.76. The van der Waals surface area contributed by atoms with Gasteiger partial charge >= 0.3 is 0 Å². The second-order valence-corrected chi connectivity index (χ2v) is 16.1. The molecule has 0 unspecified atom stereocenters. The Hall–Kier alpha value is -8.28. The number of fused-ring (bicyclic) bond motifs is 5. The predicted molar refractivity (Wildman–Crippen MR) is 267 cm³/mol. The van der Waals surface area contributed by atoms with Gasteiger partial charge in [-0.15, -0.1) is 0 Å². The number of nitrogens with zero attached hydrogens (tertiary/aromatic N) is 4. The zero-order valence-corrected chi connectivity index (χ0v) is 34.5. The van der Waals surface area contributed by atoms with Gasteiger partial charge in [-0.3, -0.25) is 0 Å². The van der Waals surface area contributed by atoms with Crippen LogP contribution in [0.2, 0.25) is 0 Å². The maximum atomic E-state index is 9.46. The van der Waals surface area contributed by atoms with E-state index in [1.807, 2.05) is 6.07 Å². The van der Waals surface area contributed by atoms with E-state index < -0.39 is 0 Å². The fourth-order valence-corrected chi connectivity index (χ4v) is 9.76. The third kappa shape index (κ3) is 6.24. The Morgan fingerprint density at radius 2 is 0.762 bits per heavy atom. The van der Waals surface area contributed by atoms with Gasteiger partial charge in [0, 0.05) is 68.2 Å². The van der Waals surface area contributed by atoms with Crippen LogP contribution in [0.4, 0.5) is 68.2 Å². The normalized spacial score (nSPS) is 12.6. The third-order valence-corrected chi connectivity index (χ3v) is 12.5. The Kier molecular flexibility index (Phi) is 8.63. The topological polar surface area (TPSA) is 13.0 Å². The second kappa shape index (κ2) is 15.3. The summed E-state index contributed by atoms with van der Waals surface area (Å²) in [7, 11) is 0. The molecule has 0 aromatic heterocycles. The molecule has 296 valence electrons. The van der Waals surface area contributed by atoms with Gasteiger partial charge in [-0.1, -0.05) is 133 Å². The van der Waals surface area contributed by atoms with Crippen LogP contribution in [0.25, 0.3) is 10.8 Å². The lowest BCUT2D eigenvalue weighted by molar-refractivity contribution is 1.23. The average molecular weight is 806 g/mol. The molecule has 63 heavy (non-hydrogen) atoms. The van der Waals surface area contributed by atoms with Gasteiger partial charge in [0.2, 0.25) is 0 Å². The van der Waals surface area contributed by atoms with Gasteiger partial charge in [-0.25, -0.2) is 0 Å². The van der Waals surface area contributed by atoms with E-state index in [0.717, 1.165) is 68.2 Å². The molecule has 10 aromatic carbocycles. The van der Waals surface area contributed by atoms with E-state index in [-0.39, 0.29) is 6.71 Å². The molecule has 0 bridgehead atoms. The average Bonchev–Trinajstić information content (AvgIpc) is 3.35. The van der Waals surface area contributed by atoms with Crippen LogP contribution in [0.15, 0.2) is 249 Å². The van der Waals surface area contributed by atoms with E-state index in [1.54, 1.807) is 0 Å². The number of anilines is 12. The first-order valence-electron chi connectivity index (χ1n) is 22.0. The highest BCUT2D eigenvalue weighted by Crippen LogP contribution is 2.46. The van der Waals surface area contributed by atoms with Gasteiger partial charge in [0.15, 0.2) is 0 Å². The summed E-state index contributed by atoms with van der Waals surface area (Å²) < 4.78 is 9.46. The van der Waals surface area contributed by atoms with Crippen molar-refractivity contribution < 1.29 is 1.37 Å². The zero-order chi connectivity index (χ0) is 42.6. The predicted octanol–water partition coefficient (Wildman–Crippen LogP) is 13.9. The SMILES string of the molecule is [2H]c1cc2c3c(c1)N(c1ccc(N(c4ccccc4)c4ccccc4)cc1)c1cc(N(c4ccccc4)c4ccc5ccccc5c4)ccc1B3c1ccccc1N2c1ccccc1. The molecule has 2 aliphatic heterocycles. The summed E-state index contributed by atoms with van der Waals surface area (Å²) in [5.74, 6) is 0. The van der Waals surface area contributed by atoms with Gasteiger partial charge < -0.3 is 19.6 Å². The summed E-state index contributed by atoms with van der Waals surface area (Å²) in [5.41, 5.74) is 16.4. The molecule has 0 amide bonds. The van der Waals surface area contributed by atoms with Gasteiger partial charge in [0.1, 0.15) is 0 Å². The minimum absolute atomic E-state index is 0.0705. The van der Waals surface area contributed by atoms with E-state index in [9.17, 15) is 1.37 Å². The van der Waals surface area contributed by atoms with E-state index in [1.165, 1.54) is 27.2 Å². The van der Waals surface area contributed by atoms with Crippen LogP contribution >= 0.6 is 0 Å². The van der Waals surface area contributed by atoms with Gasteiger partial charge in [-0.05, 0) is 142 Å². The molecular formula is C58H41BN4. The minimum Gasteiger partial charge on any atom is -0.311 e. The maximum Gasteiger partial charge on any atom is 0.252 e. The Morgan fingerprint density at radius 1 is 0.317 bits per heavy atom. The molecule has 5 heteroatoms. The Balaban J connectivity index is 1.09. The summed E-state index contributed by atoms with van der Waals surface area (Å²) in [6.07, 6.45) is 0. The number of para-hydroxylation sites is 5. The van der Waals surface area contributed by atoms with Crippen LogP contribution in [0.3, 0.4) is 0 Å². The lowest BCUT2D eigenvalue weighted by atomic mass is 9.33. The highest BCUT2D eigenvalue weighted by Gasteiger charge is 2.43. The summed E-state index contributed by atoms with van der Waals surface area (Å²) in [6.45, 7) is -0.0705. The second-order valence-electron chi connectivity index (χ2n) is 16.1. The molecule has 12 rings (SSSR count). The van der Waals surface area contributed by atoms with Crippen molar-refractivity contribution in [3.05, 3.63) is 249 Å². The summed E-state index contributed by atoms with van der Waals surface area (Å²) in [4.78, 5) is 9.40. The molecule has 0 spiro atoms. The van der Waals surface area contributed by atoms with Crippen molar-refractivity contribution in [2.45, 2.75) is 0 Å². The molecule has 0 atom stereocenters. The first-order valence-corrected chi connectivity index (χ1v) is 21.5. The Morgan fingerprint density at radius 3 is 1.41 bits per heavy atom. The van der Waals surface area contributed by atoms with Crippen molar-refractivity contribution in [3.8, 4) is 0 Å². The van der Waals surface area contributed by atoms with Crippen LogP contribution in [-0.4, -0.2) is 6.71 Å². The van der Waals surface area contributed by atoms with Crippen LogP contribution in [-0.2, 0) is 0 Å². The summed E-state index contributed by atoms with van der Waals surface area (Å²) in [5, 5.41) is 2.39. The molecule has 0 radical (unpaired) electrons. The van der Waals surface area contributed by atoms with Crippen molar-refractivity contribution in [2.24, 2.45) is 0 Å². The van der Waals surface area contributed by atoms with Crippen molar-refractivity contribution in [1.82, 2.24) is 0 Å². The molecule has 2 aliphatic rings. The summed E-state index contributed by atoms with van der Waals surface area (Å²) >= 11 is 0. The molecular weight excluding hydrogens is 763 g/mol. The monoisotopic (exact) mass is 805 g/mol. The molecule has 10 aromatic rings. The first-order chi connectivity index (χ1) is 31.7. The fraction of sp³-hybridized carbons (Fsp3) is 0. The molecule has 4 nitrogen and oxygen atoms in total. The first kappa shape index (κ1) is 35.5. The van der Waals surface area contributed by atoms with Crippen LogP contribution in [0.1, 0.15) is 1.37 Å². The highest BCUT2D eigenvalue weighted by molar-refractivity contribution is 7.00. The quantitative estimate of drug-likeness (QED) is 0.142. The molecule has 0 saturated carbocycles. The largest absolute Gasteiger partial charge is 0.311 e. The standard InChI is InChI=1S/C58H41BN4/c1-5-20-44(21-6-1)60(45-22-7-2-8-23-45)48-34-36-49(37-35-48)63-56-31-17-30-55-58(56)59(52-28-15-16-29-54(52)62(55)47-26-11-4-12-27-47)53-39-38-51(41-57(53)63)61(46-24-9-3-10-25-46)50-33-32-42-18-13-14-19-43(42)40-50/h1-41H/i17D. The molecule has 0 N–H and O–H groups in total. The number of benzene rings is 10. The Labute approximate surface area is 370 Å². The lowest BCUT2D eigenvalue weighted by Gasteiger charge is -2.44. The van der Waals surface area contributed by atoms with Gasteiger partial charge in [0.05, 0.1) is 1.37 Å². The molecule has 2 heterocycles. The zero-order valence-electron chi connectivity index (χ0n) is 35.5. The highest BCUT2D eigenvalue weighted by atomic mass is 15.2. The molecule has 0 saturated heterocycles. The summed E-state index contributed by atoms with van der Waals surface area (Å²) in [6, 6.07) is 86.8.